The van der Waals surface area contributed by atoms with Crippen molar-refractivity contribution in [2.45, 2.75) is 26.3 Å². The summed E-state index contributed by atoms with van der Waals surface area (Å²) >= 11 is 0. The molecule has 110 valence electrons. The summed E-state index contributed by atoms with van der Waals surface area (Å²) in [5, 5.41) is 0. The molecule has 1 atom stereocenters. The van der Waals surface area contributed by atoms with Crippen LogP contribution in [0.3, 0.4) is 0 Å². The zero-order valence-electron chi connectivity index (χ0n) is 12.5. The second-order valence-corrected chi connectivity index (χ2v) is 5.77. The lowest BCUT2D eigenvalue weighted by molar-refractivity contribution is 0.0873. The van der Waals surface area contributed by atoms with Crippen molar-refractivity contribution < 1.29 is 9.18 Å². The van der Waals surface area contributed by atoms with Gasteiger partial charge in [-0.2, -0.15) is 0 Å². The van der Waals surface area contributed by atoms with Gasteiger partial charge >= 0.3 is 0 Å². The summed E-state index contributed by atoms with van der Waals surface area (Å²) in [4.78, 5) is 16.7. The van der Waals surface area contributed by atoms with Gasteiger partial charge in [-0.05, 0) is 32.5 Å². The lowest BCUT2D eigenvalue weighted by Gasteiger charge is -2.37. The molecule has 0 amide bonds. The largest absolute Gasteiger partial charge is 0.301 e. The molecule has 4 heteroatoms. The van der Waals surface area contributed by atoms with Crippen LogP contribution >= 0.6 is 0 Å². The van der Waals surface area contributed by atoms with Gasteiger partial charge in [0, 0.05) is 44.2 Å². The second kappa shape index (κ2) is 6.46. The van der Waals surface area contributed by atoms with Crippen molar-refractivity contribution in [1.82, 2.24) is 9.80 Å². The number of aryl methyl sites for hydroxylation is 1. The monoisotopic (exact) mass is 278 g/mol. The van der Waals surface area contributed by atoms with Gasteiger partial charge in [0.25, 0.3) is 0 Å². The average molecular weight is 278 g/mol. The molecule has 1 aromatic carbocycles. The lowest BCUT2D eigenvalue weighted by atomic mass is 10.1. The predicted octanol–water partition coefficient (Wildman–Crippen LogP) is 2.34. The number of piperazine rings is 1. The highest BCUT2D eigenvalue weighted by Gasteiger charge is 2.21. The summed E-state index contributed by atoms with van der Waals surface area (Å²) in [6.07, 6.45) is 0.457. The maximum Gasteiger partial charge on any atom is 0.164 e. The molecule has 1 heterocycles. The Hall–Kier alpha value is -1.26. The highest BCUT2D eigenvalue weighted by atomic mass is 19.1. The number of carbonyl (C=O) groups excluding carboxylic acids is 1. The van der Waals surface area contributed by atoms with Crippen molar-refractivity contribution in [1.29, 1.82) is 0 Å². The predicted molar refractivity (Wildman–Crippen MR) is 78.6 cm³/mol. The van der Waals surface area contributed by atoms with Gasteiger partial charge in [-0.25, -0.2) is 4.39 Å². The van der Waals surface area contributed by atoms with E-state index in [9.17, 15) is 9.18 Å². The van der Waals surface area contributed by atoms with E-state index in [1.165, 1.54) is 6.07 Å². The van der Waals surface area contributed by atoms with Crippen LogP contribution in [0.25, 0.3) is 0 Å². The quantitative estimate of drug-likeness (QED) is 0.790. The number of likely N-dealkylation sites (N-methyl/N-ethyl adjacent to an activating group) is 1. The van der Waals surface area contributed by atoms with Gasteiger partial charge in [0.05, 0.1) is 0 Å². The number of Topliss-reactive ketones (excluding diaryl/α,β-unsaturated/α-hetero) is 1. The van der Waals surface area contributed by atoms with Crippen LogP contribution in [0.2, 0.25) is 0 Å². The van der Waals surface area contributed by atoms with Crippen molar-refractivity contribution in [3.05, 3.63) is 35.1 Å². The van der Waals surface area contributed by atoms with Gasteiger partial charge in [-0.1, -0.05) is 12.1 Å². The Labute approximate surface area is 120 Å². The first-order valence-electron chi connectivity index (χ1n) is 7.19. The van der Waals surface area contributed by atoms with Gasteiger partial charge in [0.1, 0.15) is 5.82 Å². The highest BCUT2D eigenvalue weighted by molar-refractivity contribution is 5.96. The van der Waals surface area contributed by atoms with Crippen LogP contribution in [0.1, 0.15) is 29.3 Å². The van der Waals surface area contributed by atoms with E-state index in [0.29, 0.717) is 23.6 Å². The summed E-state index contributed by atoms with van der Waals surface area (Å²) in [6, 6.07) is 5.26. The topological polar surface area (TPSA) is 23.6 Å². The molecule has 0 bridgehead atoms. The number of rotatable bonds is 4. The first-order valence-corrected chi connectivity index (χ1v) is 7.19. The first-order chi connectivity index (χ1) is 9.47. The number of hydrogen-bond donors (Lipinski definition) is 0. The SMILES string of the molecule is Cc1ccc(C(=O)CCN2CCN(C)C(C)C2)cc1F. The summed E-state index contributed by atoms with van der Waals surface area (Å²) < 4.78 is 13.5. The Bertz CT molecular complexity index is 489. The minimum Gasteiger partial charge on any atom is -0.301 e. The summed E-state index contributed by atoms with van der Waals surface area (Å²) in [5.74, 6) is -0.278. The smallest absolute Gasteiger partial charge is 0.164 e. The molecule has 1 aromatic rings. The Morgan fingerprint density at radius 2 is 2.15 bits per heavy atom. The van der Waals surface area contributed by atoms with Crippen molar-refractivity contribution in [2.75, 3.05) is 33.2 Å². The van der Waals surface area contributed by atoms with E-state index < -0.39 is 0 Å². The van der Waals surface area contributed by atoms with Gasteiger partial charge in [-0.3, -0.25) is 4.79 Å². The molecule has 1 fully saturated rings. The molecular weight excluding hydrogens is 255 g/mol. The third-order valence-electron chi connectivity index (χ3n) is 4.19. The van der Waals surface area contributed by atoms with Crippen LogP contribution in [-0.4, -0.2) is 54.9 Å². The molecule has 3 nitrogen and oxygen atoms in total. The highest BCUT2D eigenvalue weighted by Crippen LogP contribution is 2.12. The average Bonchev–Trinajstić information content (AvgIpc) is 2.43. The molecule has 0 saturated carbocycles. The van der Waals surface area contributed by atoms with E-state index in [1.54, 1.807) is 19.1 Å². The third-order valence-corrected chi connectivity index (χ3v) is 4.19. The standard InChI is InChI=1S/C16H23FN2O/c1-12-4-5-14(10-15(12)17)16(20)6-7-19-9-8-18(3)13(2)11-19/h4-5,10,13H,6-9,11H2,1-3H3. The normalized spacial score (nSPS) is 21.1. The van der Waals surface area contributed by atoms with Crippen LogP contribution in [0.5, 0.6) is 0 Å². The second-order valence-electron chi connectivity index (χ2n) is 5.77. The minimum atomic E-state index is -0.302. The van der Waals surface area contributed by atoms with E-state index in [-0.39, 0.29) is 11.6 Å². The molecule has 0 N–H and O–H groups in total. The first kappa shape index (κ1) is 15.1. The zero-order chi connectivity index (χ0) is 14.7. The van der Waals surface area contributed by atoms with E-state index in [2.05, 4.69) is 23.8 Å². The Kier molecular flexibility index (Phi) is 4.89. The number of carbonyl (C=O) groups is 1. The van der Waals surface area contributed by atoms with Crippen LogP contribution in [0, 0.1) is 12.7 Å². The molecule has 1 unspecified atom stereocenters. The molecule has 1 saturated heterocycles. The summed E-state index contributed by atoms with van der Waals surface area (Å²) in [7, 11) is 2.13. The summed E-state index contributed by atoms with van der Waals surface area (Å²) in [5.41, 5.74) is 1.06. The zero-order valence-corrected chi connectivity index (χ0v) is 12.5. The van der Waals surface area contributed by atoms with Gasteiger partial charge in [-0.15, -0.1) is 0 Å². The molecular formula is C16H23FN2O. The van der Waals surface area contributed by atoms with Crippen molar-refractivity contribution in [2.24, 2.45) is 0 Å². The maximum absolute atomic E-state index is 13.5. The number of hydrogen-bond acceptors (Lipinski definition) is 3. The van der Waals surface area contributed by atoms with E-state index in [1.807, 2.05) is 0 Å². The van der Waals surface area contributed by atoms with Crippen LogP contribution in [0.4, 0.5) is 4.39 Å². The number of benzene rings is 1. The fraction of sp³-hybridized carbons (Fsp3) is 0.562. The Morgan fingerprint density at radius 1 is 1.40 bits per heavy atom. The summed E-state index contributed by atoms with van der Waals surface area (Å²) in [6.45, 7) is 7.68. The molecule has 0 radical (unpaired) electrons. The van der Waals surface area contributed by atoms with Crippen LogP contribution in [-0.2, 0) is 0 Å². The Morgan fingerprint density at radius 3 is 2.80 bits per heavy atom. The molecule has 0 spiro atoms. The van der Waals surface area contributed by atoms with Gasteiger partial charge in [0.2, 0.25) is 0 Å². The molecule has 0 aromatic heterocycles. The van der Waals surface area contributed by atoms with Crippen molar-refractivity contribution >= 4 is 5.78 Å². The van der Waals surface area contributed by atoms with Crippen molar-refractivity contribution in [3.8, 4) is 0 Å². The number of nitrogens with zero attached hydrogens (tertiary/aromatic N) is 2. The maximum atomic E-state index is 13.5. The van der Waals surface area contributed by atoms with Crippen molar-refractivity contribution in [3.63, 3.8) is 0 Å². The fourth-order valence-electron chi connectivity index (χ4n) is 2.50. The fourth-order valence-corrected chi connectivity index (χ4v) is 2.50. The third kappa shape index (κ3) is 3.64. The molecule has 1 aliphatic heterocycles. The van der Waals surface area contributed by atoms with Crippen LogP contribution in [0.15, 0.2) is 18.2 Å². The number of ketones is 1. The molecule has 1 aliphatic rings. The minimum absolute atomic E-state index is 0.0236. The lowest BCUT2D eigenvalue weighted by Crippen LogP contribution is -2.50. The van der Waals surface area contributed by atoms with Gasteiger partial charge < -0.3 is 9.80 Å². The van der Waals surface area contributed by atoms with E-state index in [0.717, 1.165) is 26.2 Å². The molecule has 0 aliphatic carbocycles. The van der Waals surface area contributed by atoms with E-state index >= 15 is 0 Å². The molecule has 20 heavy (non-hydrogen) atoms. The molecule has 2 rings (SSSR count). The number of halogens is 1. The van der Waals surface area contributed by atoms with Crippen LogP contribution < -0.4 is 0 Å². The van der Waals surface area contributed by atoms with E-state index in [4.69, 9.17) is 0 Å². The Balaban J connectivity index is 1.87. The van der Waals surface area contributed by atoms with Gasteiger partial charge in [0.15, 0.2) is 5.78 Å².